The van der Waals surface area contributed by atoms with Gasteiger partial charge in [0.25, 0.3) is 0 Å². The lowest BCUT2D eigenvalue weighted by molar-refractivity contribution is 0.339. The van der Waals surface area contributed by atoms with Gasteiger partial charge in [0.1, 0.15) is 0 Å². The molecule has 0 heterocycles. The second kappa shape index (κ2) is 8.55. The number of rotatable bonds is 4. The molecule has 1 saturated carbocycles. The first-order valence-corrected chi connectivity index (χ1v) is 9.17. The standard InChI is InChI=1S/C24H26/c1-2-20-8-10-22(11-9-20)14-15-24-18-16-23(17-19-24)13-12-21-6-4-3-5-7-21/h2,8-11,16-19,21H,1,3-7,12-13H2. The molecule has 2 aromatic rings. The second-order valence-electron chi connectivity index (χ2n) is 6.82. The lowest BCUT2D eigenvalue weighted by Gasteiger charge is -2.21. The molecule has 0 atom stereocenters. The van der Waals surface area contributed by atoms with Crippen molar-refractivity contribution < 1.29 is 0 Å². The highest BCUT2D eigenvalue weighted by Gasteiger charge is 2.12. The van der Waals surface area contributed by atoms with Crippen LogP contribution in [-0.4, -0.2) is 0 Å². The van der Waals surface area contributed by atoms with E-state index in [4.69, 9.17) is 0 Å². The van der Waals surface area contributed by atoms with Crippen LogP contribution in [0.2, 0.25) is 0 Å². The van der Waals surface area contributed by atoms with E-state index in [-0.39, 0.29) is 0 Å². The van der Waals surface area contributed by atoms with E-state index in [0.717, 1.165) is 22.6 Å². The molecule has 2 aromatic carbocycles. The van der Waals surface area contributed by atoms with Gasteiger partial charge in [-0.15, -0.1) is 0 Å². The Kier molecular flexibility index (Phi) is 5.91. The lowest BCUT2D eigenvalue weighted by Crippen LogP contribution is -2.07. The predicted octanol–water partition coefficient (Wildman–Crippen LogP) is 6.24. The summed E-state index contributed by atoms with van der Waals surface area (Å²) in [5, 5.41) is 0. The van der Waals surface area contributed by atoms with Crippen molar-refractivity contribution in [3.63, 3.8) is 0 Å². The molecular weight excluding hydrogens is 288 g/mol. The summed E-state index contributed by atoms with van der Waals surface area (Å²) in [5.74, 6) is 7.44. The second-order valence-corrected chi connectivity index (χ2v) is 6.82. The first-order valence-electron chi connectivity index (χ1n) is 9.17. The fourth-order valence-corrected chi connectivity index (χ4v) is 3.45. The molecule has 1 aliphatic rings. The van der Waals surface area contributed by atoms with E-state index in [0.29, 0.717) is 0 Å². The quantitative estimate of drug-likeness (QED) is 0.586. The molecule has 0 spiro atoms. The molecule has 3 rings (SSSR count). The van der Waals surface area contributed by atoms with E-state index < -0.39 is 0 Å². The molecule has 1 fully saturated rings. The normalized spacial score (nSPS) is 14.7. The average molecular weight is 314 g/mol. The first kappa shape index (κ1) is 16.6. The smallest absolute Gasteiger partial charge is 0.0249 e. The fraction of sp³-hybridized carbons (Fsp3) is 0.333. The summed E-state index contributed by atoms with van der Waals surface area (Å²) < 4.78 is 0. The third kappa shape index (κ3) is 4.87. The Labute approximate surface area is 146 Å². The summed E-state index contributed by atoms with van der Waals surface area (Å²) in [6.07, 6.45) is 11.6. The van der Waals surface area contributed by atoms with E-state index in [9.17, 15) is 0 Å². The summed E-state index contributed by atoms with van der Waals surface area (Å²) in [7, 11) is 0. The molecule has 0 aromatic heterocycles. The van der Waals surface area contributed by atoms with Gasteiger partial charge >= 0.3 is 0 Å². The van der Waals surface area contributed by atoms with E-state index in [1.165, 1.54) is 50.5 Å². The van der Waals surface area contributed by atoms with Gasteiger partial charge in [-0.3, -0.25) is 0 Å². The van der Waals surface area contributed by atoms with Gasteiger partial charge in [-0.05, 0) is 54.2 Å². The molecule has 1 aliphatic carbocycles. The molecule has 24 heavy (non-hydrogen) atoms. The molecule has 0 radical (unpaired) electrons. The molecule has 0 saturated heterocycles. The highest BCUT2D eigenvalue weighted by molar-refractivity contribution is 5.50. The van der Waals surface area contributed by atoms with Crippen molar-refractivity contribution in [3.05, 3.63) is 77.4 Å². The van der Waals surface area contributed by atoms with Crippen molar-refractivity contribution in [2.75, 3.05) is 0 Å². The molecule has 0 bridgehead atoms. The third-order valence-electron chi connectivity index (χ3n) is 5.02. The van der Waals surface area contributed by atoms with Crippen LogP contribution in [0.5, 0.6) is 0 Å². The van der Waals surface area contributed by atoms with Crippen LogP contribution in [0.25, 0.3) is 6.08 Å². The Morgan fingerprint density at radius 1 is 0.833 bits per heavy atom. The largest absolute Gasteiger partial charge is 0.0985 e. The number of hydrogen-bond acceptors (Lipinski definition) is 0. The van der Waals surface area contributed by atoms with Gasteiger partial charge in [-0.25, -0.2) is 0 Å². The van der Waals surface area contributed by atoms with Gasteiger partial charge < -0.3 is 0 Å². The Hall–Kier alpha value is -2.26. The van der Waals surface area contributed by atoms with Crippen LogP contribution < -0.4 is 0 Å². The van der Waals surface area contributed by atoms with Gasteiger partial charge in [0, 0.05) is 11.1 Å². The third-order valence-corrected chi connectivity index (χ3v) is 5.02. The van der Waals surface area contributed by atoms with Gasteiger partial charge in [0.05, 0.1) is 0 Å². The molecule has 0 heteroatoms. The summed E-state index contributed by atoms with van der Waals surface area (Å²) in [4.78, 5) is 0. The highest BCUT2D eigenvalue weighted by atomic mass is 14.2. The van der Waals surface area contributed by atoms with E-state index in [2.05, 4.69) is 42.7 Å². The maximum Gasteiger partial charge on any atom is 0.0249 e. The fourth-order valence-electron chi connectivity index (χ4n) is 3.45. The molecule has 0 unspecified atom stereocenters. The van der Waals surface area contributed by atoms with E-state index >= 15 is 0 Å². The summed E-state index contributed by atoms with van der Waals surface area (Å²) in [6, 6.07) is 17.0. The van der Waals surface area contributed by atoms with Crippen molar-refractivity contribution in [2.24, 2.45) is 5.92 Å². The molecule has 0 nitrogen and oxygen atoms in total. The topological polar surface area (TPSA) is 0 Å². The minimum absolute atomic E-state index is 0.955. The number of hydrogen-bond donors (Lipinski definition) is 0. The van der Waals surface area contributed by atoms with Crippen molar-refractivity contribution >= 4 is 6.08 Å². The van der Waals surface area contributed by atoms with Crippen molar-refractivity contribution in [2.45, 2.75) is 44.9 Å². The Balaban J connectivity index is 1.56. The summed E-state index contributed by atoms with van der Waals surface area (Å²) in [5.41, 5.74) is 4.70. The molecule has 0 N–H and O–H groups in total. The maximum atomic E-state index is 3.77. The average Bonchev–Trinajstić information content (AvgIpc) is 2.67. The molecule has 0 amide bonds. The van der Waals surface area contributed by atoms with E-state index in [1.54, 1.807) is 0 Å². The van der Waals surface area contributed by atoms with Crippen molar-refractivity contribution in [1.29, 1.82) is 0 Å². The van der Waals surface area contributed by atoms with Gasteiger partial charge in [0.15, 0.2) is 0 Å². The van der Waals surface area contributed by atoms with Crippen LogP contribution in [0.3, 0.4) is 0 Å². The predicted molar refractivity (Wildman–Crippen MR) is 104 cm³/mol. The zero-order valence-corrected chi connectivity index (χ0v) is 14.4. The maximum absolute atomic E-state index is 3.77. The minimum Gasteiger partial charge on any atom is -0.0985 e. The van der Waals surface area contributed by atoms with Crippen molar-refractivity contribution in [1.82, 2.24) is 0 Å². The van der Waals surface area contributed by atoms with Crippen LogP contribution in [0.4, 0.5) is 0 Å². The van der Waals surface area contributed by atoms with Crippen LogP contribution in [0.1, 0.15) is 60.8 Å². The first-order chi connectivity index (χ1) is 11.8. The Morgan fingerprint density at radius 3 is 2.00 bits per heavy atom. The van der Waals surface area contributed by atoms with Gasteiger partial charge in [0.2, 0.25) is 0 Å². The molecule has 0 aliphatic heterocycles. The van der Waals surface area contributed by atoms with Gasteiger partial charge in [-0.1, -0.05) is 80.9 Å². The van der Waals surface area contributed by atoms with Gasteiger partial charge in [-0.2, -0.15) is 0 Å². The minimum atomic E-state index is 0.955. The monoisotopic (exact) mass is 314 g/mol. The Morgan fingerprint density at radius 2 is 1.42 bits per heavy atom. The van der Waals surface area contributed by atoms with Crippen LogP contribution in [0.15, 0.2) is 55.1 Å². The zero-order valence-electron chi connectivity index (χ0n) is 14.4. The summed E-state index contributed by atoms with van der Waals surface area (Å²) >= 11 is 0. The SMILES string of the molecule is C=Cc1ccc(C#Cc2ccc(CCC3CCCCC3)cc2)cc1. The van der Waals surface area contributed by atoms with Crippen LogP contribution in [-0.2, 0) is 6.42 Å². The highest BCUT2D eigenvalue weighted by Crippen LogP contribution is 2.27. The summed E-state index contributed by atoms with van der Waals surface area (Å²) in [6.45, 7) is 3.77. The van der Waals surface area contributed by atoms with Crippen LogP contribution >= 0.6 is 0 Å². The lowest BCUT2D eigenvalue weighted by atomic mass is 9.85. The number of benzene rings is 2. The zero-order chi connectivity index (χ0) is 16.6. The molecular formula is C24H26. The van der Waals surface area contributed by atoms with Crippen molar-refractivity contribution in [3.8, 4) is 11.8 Å². The van der Waals surface area contributed by atoms with Crippen LogP contribution in [0, 0.1) is 17.8 Å². The van der Waals surface area contributed by atoms with E-state index in [1.807, 2.05) is 30.3 Å². The Bertz CT molecular complexity index is 701. The number of aryl methyl sites for hydroxylation is 1. The molecule has 122 valence electrons.